The molecule has 0 bridgehead atoms. The van der Waals surface area contributed by atoms with Crippen LogP contribution in [0.3, 0.4) is 0 Å². The van der Waals surface area contributed by atoms with Gasteiger partial charge >= 0.3 is 0 Å². The first-order valence-corrected chi connectivity index (χ1v) is 8.25. The maximum absolute atomic E-state index is 12.2. The maximum Gasteiger partial charge on any atom is 0.271 e. The van der Waals surface area contributed by atoms with Gasteiger partial charge in [-0.25, -0.2) is 8.42 Å². The molecule has 2 rings (SSSR count). The van der Waals surface area contributed by atoms with Gasteiger partial charge < -0.3 is 5.73 Å². The standard InChI is InChI=1S/C14H14N2O2S2/c1-11-6-7-12(4-2-8-15)10-13(11)16-20(17,18)14-5-3-9-19-14/h3,5-7,9-10,16H,8,15H2,1H3. The minimum absolute atomic E-state index is 0.268. The van der Waals surface area contributed by atoms with E-state index in [-0.39, 0.29) is 10.8 Å². The van der Waals surface area contributed by atoms with E-state index in [4.69, 9.17) is 5.73 Å². The minimum atomic E-state index is -3.53. The highest BCUT2D eigenvalue weighted by Gasteiger charge is 2.16. The number of sulfonamides is 1. The number of aryl methyl sites for hydroxylation is 1. The van der Waals surface area contributed by atoms with Gasteiger partial charge in [0.05, 0.1) is 12.2 Å². The lowest BCUT2D eigenvalue weighted by Gasteiger charge is -2.09. The van der Waals surface area contributed by atoms with Crippen LogP contribution in [-0.4, -0.2) is 15.0 Å². The van der Waals surface area contributed by atoms with Crippen molar-refractivity contribution in [3.8, 4) is 11.8 Å². The van der Waals surface area contributed by atoms with Crippen molar-refractivity contribution in [1.29, 1.82) is 0 Å². The summed E-state index contributed by atoms with van der Waals surface area (Å²) in [5, 5.41) is 1.73. The van der Waals surface area contributed by atoms with E-state index in [0.29, 0.717) is 5.69 Å². The Hall–Kier alpha value is -1.81. The van der Waals surface area contributed by atoms with Crippen LogP contribution in [0.2, 0.25) is 0 Å². The SMILES string of the molecule is Cc1ccc(C#CCN)cc1NS(=O)(=O)c1cccs1. The Morgan fingerprint density at radius 3 is 2.80 bits per heavy atom. The van der Waals surface area contributed by atoms with Gasteiger partial charge in [-0.1, -0.05) is 24.0 Å². The molecule has 0 spiro atoms. The van der Waals surface area contributed by atoms with Crippen LogP contribution < -0.4 is 10.5 Å². The number of rotatable bonds is 3. The summed E-state index contributed by atoms with van der Waals surface area (Å²) in [6, 6.07) is 8.65. The molecule has 0 saturated heterocycles. The summed E-state index contributed by atoms with van der Waals surface area (Å²) >= 11 is 1.18. The van der Waals surface area contributed by atoms with Crippen LogP contribution >= 0.6 is 11.3 Å². The zero-order valence-electron chi connectivity index (χ0n) is 10.9. The molecule has 0 radical (unpaired) electrons. The van der Waals surface area contributed by atoms with Crippen LogP contribution in [0.4, 0.5) is 5.69 Å². The fourth-order valence-electron chi connectivity index (χ4n) is 1.57. The van der Waals surface area contributed by atoms with Crippen LogP contribution in [0.1, 0.15) is 11.1 Å². The van der Waals surface area contributed by atoms with Crippen molar-refractivity contribution < 1.29 is 8.42 Å². The molecule has 1 aromatic heterocycles. The van der Waals surface area contributed by atoms with Crippen molar-refractivity contribution in [2.45, 2.75) is 11.1 Å². The quantitative estimate of drug-likeness (QED) is 0.854. The van der Waals surface area contributed by atoms with Crippen molar-refractivity contribution >= 4 is 27.0 Å². The summed E-state index contributed by atoms with van der Waals surface area (Å²) in [7, 11) is -3.53. The number of nitrogens with one attached hydrogen (secondary N) is 1. The molecule has 0 atom stereocenters. The molecule has 0 aliphatic carbocycles. The molecule has 0 amide bonds. The highest BCUT2D eigenvalue weighted by atomic mass is 32.2. The Balaban J connectivity index is 2.34. The first-order valence-electron chi connectivity index (χ1n) is 5.89. The van der Waals surface area contributed by atoms with E-state index < -0.39 is 10.0 Å². The van der Waals surface area contributed by atoms with Gasteiger partial charge in [-0.2, -0.15) is 0 Å². The van der Waals surface area contributed by atoms with E-state index in [2.05, 4.69) is 16.6 Å². The molecule has 6 heteroatoms. The third kappa shape index (κ3) is 3.39. The molecule has 4 nitrogen and oxygen atoms in total. The van der Waals surface area contributed by atoms with Gasteiger partial charge in [-0.15, -0.1) is 11.3 Å². The zero-order valence-corrected chi connectivity index (χ0v) is 12.5. The normalized spacial score (nSPS) is 10.7. The number of thiophene rings is 1. The molecule has 0 aliphatic rings. The number of anilines is 1. The maximum atomic E-state index is 12.2. The first-order chi connectivity index (χ1) is 9.53. The molecule has 1 heterocycles. The second-order valence-corrected chi connectivity index (χ2v) is 6.93. The van der Waals surface area contributed by atoms with Gasteiger partial charge in [0.25, 0.3) is 10.0 Å². The highest BCUT2D eigenvalue weighted by molar-refractivity contribution is 7.94. The molecule has 1 aromatic carbocycles. The minimum Gasteiger partial charge on any atom is -0.320 e. The Morgan fingerprint density at radius 2 is 2.15 bits per heavy atom. The van der Waals surface area contributed by atoms with E-state index in [0.717, 1.165) is 11.1 Å². The molecule has 0 saturated carbocycles. The Kier molecular flexibility index (Phi) is 4.45. The molecule has 20 heavy (non-hydrogen) atoms. The summed E-state index contributed by atoms with van der Waals surface area (Å²) < 4.78 is 27.2. The molecular formula is C14H14N2O2S2. The number of nitrogens with two attached hydrogens (primary N) is 1. The highest BCUT2D eigenvalue weighted by Crippen LogP contribution is 2.23. The molecule has 0 fully saturated rings. The fraction of sp³-hybridized carbons (Fsp3) is 0.143. The van der Waals surface area contributed by atoms with Crippen molar-refractivity contribution in [3.63, 3.8) is 0 Å². The second kappa shape index (κ2) is 6.09. The predicted molar refractivity (Wildman–Crippen MR) is 82.2 cm³/mol. The number of hydrogen-bond donors (Lipinski definition) is 2. The van der Waals surface area contributed by atoms with Crippen LogP contribution in [0.25, 0.3) is 0 Å². The summed E-state index contributed by atoms with van der Waals surface area (Å²) in [6.45, 7) is 2.11. The molecule has 0 unspecified atom stereocenters. The lowest BCUT2D eigenvalue weighted by Crippen LogP contribution is -2.12. The van der Waals surface area contributed by atoms with Gasteiger partial charge in [0.15, 0.2) is 0 Å². The third-order valence-corrected chi connectivity index (χ3v) is 5.34. The third-order valence-electron chi connectivity index (χ3n) is 2.58. The lowest BCUT2D eigenvalue weighted by atomic mass is 10.1. The van der Waals surface area contributed by atoms with Gasteiger partial charge in [-0.3, -0.25) is 4.72 Å². The summed E-state index contributed by atoms with van der Waals surface area (Å²) in [5.41, 5.74) is 7.42. The molecule has 104 valence electrons. The largest absolute Gasteiger partial charge is 0.320 e. The van der Waals surface area contributed by atoms with E-state index in [1.165, 1.54) is 11.3 Å². The van der Waals surface area contributed by atoms with Gasteiger partial charge in [0.2, 0.25) is 0 Å². The van der Waals surface area contributed by atoms with Crippen LogP contribution in [0.15, 0.2) is 39.9 Å². The predicted octanol–water partition coefficient (Wildman–Crippen LogP) is 2.17. The monoisotopic (exact) mass is 306 g/mol. The average molecular weight is 306 g/mol. The van der Waals surface area contributed by atoms with E-state index in [9.17, 15) is 8.42 Å². The number of benzene rings is 1. The van der Waals surface area contributed by atoms with Crippen LogP contribution in [-0.2, 0) is 10.0 Å². The van der Waals surface area contributed by atoms with E-state index in [1.54, 1.807) is 23.6 Å². The Bertz CT molecular complexity index is 754. The van der Waals surface area contributed by atoms with Crippen LogP contribution in [0, 0.1) is 18.8 Å². The second-order valence-electron chi connectivity index (χ2n) is 4.07. The topological polar surface area (TPSA) is 72.2 Å². The number of hydrogen-bond acceptors (Lipinski definition) is 4. The molecular weight excluding hydrogens is 292 g/mol. The lowest BCUT2D eigenvalue weighted by molar-refractivity contribution is 0.603. The Morgan fingerprint density at radius 1 is 1.35 bits per heavy atom. The first kappa shape index (κ1) is 14.6. The smallest absolute Gasteiger partial charge is 0.271 e. The Labute approximate surface area is 122 Å². The van der Waals surface area contributed by atoms with Crippen LogP contribution in [0.5, 0.6) is 0 Å². The summed E-state index contributed by atoms with van der Waals surface area (Å²) in [4.78, 5) is 0. The molecule has 3 N–H and O–H groups in total. The van der Waals surface area contributed by atoms with Crippen molar-refractivity contribution in [3.05, 3.63) is 46.8 Å². The summed E-state index contributed by atoms with van der Waals surface area (Å²) in [6.07, 6.45) is 0. The van der Waals surface area contributed by atoms with Crippen molar-refractivity contribution in [2.24, 2.45) is 5.73 Å². The molecule has 0 aliphatic heterocycles. The van der Waals surface area contributed by atoms with Gasteiger partial charge in [0, 0.05) is 5.56 Å². The summed E-state index contributed by atoms with van der Waals surface area (Å²) in [5.74, 6) is 5.63. The van der Waals surface area contributed by atoms with Gasteiger partial charge in [0.1, 0.15) is 4.21 Å². The average Bonchev–Trinajstić information content (AvgIpc) is 2.94. The van der Waals surface area contributed by atoms with Crippen molar-refractivity contribution in [2.75, 3.05) is 11.3 Å². The fourth-order valence-corrected chi connectivity index (χ4v) is 3.69. The van der Waals surface area contributed by atoms with E-state index in [1.807, 2.05) is 19.1 Å². The molecule has 2 aromatic rings. The van der Waals surface area contributed by atoms with Gasteiger partial charge in [-0.05, 0) is 36.1 Å². The van der Waals surface area contributed by atoms with Crippen molar-refractivity contribution in [1.82, 2.24) is 0 Å². The zero-order chi connectivity index (χ0) is 14.6. The van der Waals surface area contributed by atoms with E-state index >= 15 is 0 Å².